The number of hydrogen-bond donors (Lipinski definition) is 1. The zero-order valence-electron chi connectivity index (χ0n) is 10.8. The van der Waals surface area contributed by atoms with Crippen molar-refractivity contribution in [1.82, 2.24) is 10.2 Å². The number of hydrogen-bond acceptors (Lipinski definition) is 3. The summed E-state index contributed by atoms with van der Waals surface area (Å²) < 4.78 is 5.66. The van der Waals surface area contributed by atoms with E-state index in [4.69, 9.17) is 4.74 Å². The third-order valence-electron chi connectivity index (χ3n) is 3.45. The fourth-order valence-electron chi connectivity index (χ4n) is 2.38. The van der Waals surface area contributed by atoms with Gasteiger partial charge in [-0.05, 0) is 18.1 Å². The molecule has 0 saturated carbocycles. The van der Waals surface area contributed by atoms with Gasteiger partial charge in [0.15, 0.2) is 0 Å². The van der Waals surface area contributed by atoms with Crippen molar-refractivity contribution in [3.05, 3.63) is 35.4 Å². The number of rotatable bonds is 4. The maximum atomic E-state index is 5.66. The molecule has 1 aromatic rings. The average Bonchev–Trinajstić information content (AvgIpc) is 2.38. The minimum absolute atomic E-state index is 0.189. The molecule has 1 saturated heterocycles. The first-order valence-electron chi connectivity index (χ1n) is 6.32. The number of benzene rings is 1. The molecule has 94 valence electrons. The van der Waals surface area contributed by atoms with Crippen LogP contribution in [0.3, 0.4) is 0 Å². The highest BCUT2D eigenvalue weighted by molar-refractivity contribution is 5.28. The predicted octanol–water partition coefficient (Wildman–Crippen LogP) is 1.59. The van der Waals surface area contributed by atoms with E-state index in [1.807, 2.05) is 0 Å². The van der Waals surface area contributed by atoms with Gasteiger partial charge in [-0.3, -0.25) is 4.90 Å². The molecule has 3 nitrogen and oxygen atoms in total. The fourth-order valence-corrected chi connectivity index (χ4v) is 2.38. The van der Waals surface area contributed by atoms with E-state index >= 15 is 0 Å². The van der Waals surface area contributed by atoms with Gasteiger partial charge in [-0.1, -0.05) is 24.3 Å². The quantitative estimate of drug-likeness (QED) is 0.856. The van der Waals surface area contributed by atoms with Crippen LogP contribution in [0.1, 0.15) is 17.2 Å². The van der Waals surface area contributed by atoms with Gasteiger partial charge in [0, 0.05) is 39.8 Å². The number of methoxy groups -OCH3 is 1. The van der Waals surface area contributed by atoms with E-state index in [0.717, 1.165) is 32.7 Å². The molecule has 0 spiro atoms. The van der Waals surface area contributed by atoms with Gasteiger partial charge in [0.2, 0.25) is 0 Å². The smallest absolute Gasteiger partial charge is 0.0950 e. The summed E-state index contributed by atoms with van der Waals surface area (Å²) in [4.78, 5) is 2.47. The van der Waals surface area contributed by atoms with Crippen LogP contribution >= 0.6 is 0 Å². The van der Waals surface area contributed by atoms with E-state index in [0.29, 0.717) is 0 Å². The summed E-state index contributed by atoms with van der Waals surface area (Å²) in [6, 6.07) is 8.49. The Labute approximate surface area is 104 Å². The van der Waals surface area contributed by atoms with Crippen molar-refractivity contribution in [2.24, 2.45) is 0 Å². The van der Waals surface area contributed by atoms with Crippen LogP contribution < -0.4 is 5.32 Å². The zero-order valence-corrected chi connectivity index (χ0v) is 10.8. The Kier molecular flexibility index (Phi) is 4.54. The van der Waals surface area contributed by atoms with Crippen molar-refractivity contribution >= 4 is 0 Å². The SMILES string of the molecule is COC(CN1CCNCC1)c1ccccc1C. The maximum absolute atomic E-state index is 5.66. The van der Waals surface area contributed by atoms with E-state index in [9.17, 15) is 0 Å². The highest BCUT2D eigenvalue weighted by Crippen LogP contribution is 2.21. The minimum atomic E-state index is 0.189. The lowest BCUT2D eigenvalue weighted by Crippen LogP contribution is -2.45. The Morgan fingerprint density at radius 2 is 2.00 bits per heavy atom. The molecule has 1 unspecified atom stereocenters. The summed E-state index contributed by atoms with van der Waals surface area (Å²) >= 11 is 0. The Balaban J connectivity index is 2.03. The Bertz CT molecular complexity index is 348. The average molecular weight is 234 g/mol. The highest BCUT2D eigenvalue weighted by Gasteiger charge is 2.18. The van der Waals surface area contributed by atoms with Crippen LogP contribution in [0.2, 0.25) is 0 Å². The molecule has 0 bridgehead atoms. The monoisotopic (exact) mass is 234 g/mol. The van der Waals surface area contributed by atoms with Crippen LogP contribution in [0.4, 0.5) is 0 Å². The second-order valence-electron chi connectivity index (χ2n) is 4.63. The molecular weight excluding hydrogens is 212 g/mol. The Morgan fingerprint density at radius 1 is 1.29 bits per heavy atom. The summed E-state index contributed by atoms with van der Waals surface area (Å²) in [5, 5.41) is 3.37. The molecular formula is C14H22N2O. The van der Waals surface area contributed by atoms with Gasteiger partial charge < -0.3 is 10.1 Å². The van der Waals surface area contributed by atoms with Crippen molar-refractivity contribution in [3.63, 3.8) is 0 Å². The predicted molar refractivity (Wildman–Crippen MR) is 70.2 cm³/mol. The van der Waals surface area contributed by atoms with E-state index in [1.54, 1.807) is 7.11 Å². The number of nitrogens with one attached hydrogen (secondary N) is 1. The fraction of sp³-hybridized carbons (Fsp3) is 0.571. The summed E-state index contributed by atoms with van der Waals surface area (Å²) in [5.74, 6) is 0. The normalized spacial score (nSPS) is 19.2. The van der Waals surface area contributed by atoms with Gasteiger partial charge >= 0.3 is 0 Å². The van der Waals surface area contributed by atoms with Gasteiger partial charge in [-0.2, -0.15) is 0 Å². The Hall–Kier alpha value is -0.900. The molecule has 0 radical (unpaired) electrons. The van der Waals surface area contributed by atoms with Crippen LogP contribution in [0, 0.1) is 6.92 Å². The maximum Gasteiger partial charge on any atom is 0.0950 e. The third kappa shape index (κ3) is 3.28. The van der Waals surface area contributed by atoms with Crippen molar-refractivity contribution in [2.45, 2.75) is 13.0 Å². The molecule has 0 aliphatic carbocycles. The molecule has 1 aliphatic rings. The van der Waals surface area contributed by atoms with E-state index in [1.165, 1.54) is 11.1 Å². The van der Waals surface area contributed by atoms with Crippen molar-refractivity contribution in [3.8, 4) is 0 Å². The van der Waals surface area contributed by atoms with Crippen molar-refractivity contribution in [2.75, 3.05) is 39.8 Å². The van der Waals surface area contributed by atoms with Crippen LogP contribution in [0.25, 0.3) is 0 Å². The molecule has 17 heavy (non-hydrogen) atoms. The van der Waals surface area contributed by atoms with Gasteiger partial charge in [0.25, 0.3) is 0 Å². The largest absolute Gasteiger partial charge is 0.375 e. The van der Waals surface area contributed by atoms with Crippen molar-refractivity contribution < 1.29 is 4.74 Å². The van der Waals surface area contributed by atoms with E-state index in [-0.39, 0.29) is 6.10 Å². The van der Waals surface area contributed by atoms with Crippen molar-refractivity contribution in [1.29, 1.82) is 0 Å². The molecule has 2 rings (SSSR count). The van der Waals surface area contributed by atoms with Crippen LogP contribution in [0.15, 0.2) is 24.3 Å². The first kappa shape index (κ1) is 12.6. The second-order valence-corrected chi connectivity index (χ2v) is 4.63. The van der Waals surface area contributed by atoms with Gasteiger partial charge in [-0.15, -0.1) is 0 Å². The Morgan fingerprint density at radius 3 is 2.65 bits per heavy atom. The van der Waals surface area contributed by atoms with E-state index in [2.05, 4.69) is 41.4 Å². The molecule has 0 aromatic heterocycles. The molecule has 1 fully saturated rings. The van der Waals surface area contributed by atoms with Gasteiger partial charge in [0.1, 0.15) is 0 Å². The summed E-state index contributed by atoms with van der Waals surface area (Å²) in [6.45, 7) is 7.55. The molecule has 1 aromatic carbocycles. The zero-order chi connectivity index (χ0) is 12.1. The second kappa shape index (κ2) is 6.15. The first-order valence-corrected chi connectivity index (χ1v) is 6.32. The lowest BCUT2D eigenvalue weighted by molar-refractivity contribution is 0.0590. The van der Waals surface area contributed by atoms with Crippen LogP contribution in [0.5, 0.6) is 0 Å². The van der Waals surface area contributed by atoms with Crippen LogP contribution in [-0.4, -0.2) is 44.7 Å². The summed E-state index contributed by atoms with van der Waals surface area (Å²) in [5.41, 5.74) is 2.63. The van der Waals surface area contributed by atoms with Gasteiger partial charge in [-0.25, -0.2) is 0 Å². The third-order valence-corrected chi connectivity index (χ3v) is 3.45. The number of nitrogens with zero attached hydrogens (tertiary/aromatic N) is 1. The molecule has 0 amide bonds. The number of aryl methyl sites for hydroxylation is 1. The number of ether oxygens (including phenoxy) is 1. The first-order chi connectivity index (χ1) is 8.31. The molecule has 1 aliphatic heterocycles. The van der Waals surface area contributed by atoms with Gasteiger partial charge in [0.05, 0.1) is 6.10 Å². The standard InChI is InChI=1S/C14H22N2O/c1-12-5-3-4-6-13(12)14(17-2)11-16-9-7-15-8-10-16/h3-6,14-15H,7-11H2,1-2H3. The molecule has 1 atom stereocenters. The minimum Gasteiger partial charge on any atom is -0.375 e. The number of piperazine rings is 1. The summed E-state index contributed by atoms with van der Waals surface area (Å²) in [7, 11) is 1.80. The lowest BCUT2D eigenvalue weighted by atomic mass is 10.0. The highest BCUT2D eigenvalue weighted by atomic mass is 16.5. The topological polar surface area (TPSA) is 24.5 Å². The molecule has 3 heteroatoms. The van der Waals surface area contributed by atoms with E-state index < -0.39 is 0 Å². The molecule has 1 heterocycles. The lowest BCUT2D eigenvalue weighted by Gasteiger charge is -2.31. The molecule has 1 N–H and O–H groups in total. The summed E-state index contributed by atoms with van der Waals surface area (Å²) in [6.07, 6.45) is 0.189. The van der Waals surface area contributed by atoms with Crippen LogP contribution in [-0.2, 0) is 4.74 Å².